The molecule has 4 N–H and O–H groups in total. The molecule has 0 bridgehead atoms. The van der Waals surface area contributed by atoms with Gasteiger partial charge in [0, 0.05) is 29.8 Å². The molecule has 5 atom stereocenters. The maximum atomic E-state index is 16.3. The van der Waals surface area contributed by atoms with Crippen LogP contribution in [0, 0.1) is 11.2 Å². The Morgan fingerprint density at radius 1 is 0.983 bits per heavy atom. The van der Waals surface area contributed by atoms with Gasteiger partial charge in [0.2, 0.25) is 11.8 Å². The summed E-state index contributed by atoms with van der Waals surface area (Å²) in [5, 5.41) is 19.5. The number of fused-ring (bicyclic) bond motifs is 2. The topological polar surface area (TPSA) is 180 Å². The molecule has 314 valence electrons. The van der Waals surface area contributed by atoms with Gasteiger partial charge in [-0.3, -0.25) is 9.59 Å². The molecule has 2 heterocycles. The second-order valence-corrected chi connectivity index (χ2v) is 15.9. The number of hydrogen-bond acceptors (Lipinski definition) is 11. The molecule has 2 aliphatic heterocycles. The van der Waals surface area contributed by atoms with Gasteiger partial charge in [-0.2, -0.15) is 0 Å². The van der Waals surface area contributed by atoms with Crippen LogP contribution in [0.25, 0.3) is 0 Å². The molecule has 1 spiro atoms. The minimum Gasteiger partial charge on any atom is -0.494 e. The number of carbonyl (C=O) groups is 4. The van der Waals surface area contributed by atoms with Crippen LogP contribution in [0.2, 0.25) is 10.0 Å². The van der Waals surface area contributed by atoms with E-state index in [4.69, 9.17) is 51.6 Å². The summed E-state index contributed by atoms with van der Waals surface area (Å²) >= 11 is 12.7. The van der Waals surface area contributed by atoms with Crippen LogP contribution in [0.15, 0.2) is 48.5 Å². The third-order valence-corrected chi connectivity index (χ3v) is 10.6. The second kappa shape index (κ2) is 19.0. The fourth-order valence-electron chi connectivity index (χ4n) is 7.76. The van der Waals surface area contributed by atoms with Crippen molar-refractivity contribution in [2.45, 2.75) is 63.6 Å². The van der Waals surface area contributed by atoms with Gasteiger partial charge in [-0.25, -0.2) is 14.0 Å². The van der Waals surface area contributed by atoms with Crippen molar-refractivity contribution in [2.24, 2.45) is 5.41 Å². The predicted molar refractivity (Wildman–Crippen MR) is 214 cm³/mol. The van der Waals surface area contributed by atoms with E-state index in [1.165, 1.54) is 38.3 Å². The molecule has 2 amide bonds. The number of aromatic carboxylic acids is 1. The Morgan fingerprint density at radius 3 is 2.33 bits per heavy atom. The molecule has 5 rings (SSSR count). The van der Waals surface area contributed by atoms with Crippen molar-refractivity contribution >= 4 is 58.5 Å². The first-order chi connectivity index (χ1) is 27.5. The van der Waals surface area contributed by atoms with E-state index in [0.29, 0.717) is 42.5 Å². The molecular weight excluding hydrogens is 800 g/mol. The van der Waals surface area contributed by atoms with Gasteiger partial charge in [0.05, 0.1) is 68.0 Å². The van der Waals surface area contributed by atoms with Crippen molar-refractivity contribution in [1.29, 1.82) is 0 Å². The number of rotatable bonds is 17. The van der Waals surface area contributed by atoms with E-state index >= 15 is 4.39 Å². The molecule has 58 heavy (non-hydrogen) atoms. The van der Waals surface area contributed by atoms with Crippen molar-refractivity contribution in [2.75, 3.05) is 64.5 Å². The summed E-state index contributed by atoms with van der Waals surface area (Å²) in [5.41, 5.74) is -1.23. The number of halogens is 3. The number of methoxy groups -OCH3 is 2. The molecule has 3 aromatic carbocycles. The van der Waals surface area contributed by atoms with Crippen LogP contribution in [-0.2, 0) is 38.7 Å². The largest absolute Gasteiger partial charge is 0.508 e. The second-order valence-electron chi connectivity index (χ2n) is 15.1. The minimum atomic E-state index is -1.52. The molecule has 0 radical (unpaired) electrons. The van der Waals surface area contributed by atoms with Gasteiger partial charge in [0.1, 0.15) is 29.7 Å². The summed E-state index contributed by atoms with van der Waals surface area (Å²) < 4.78 is 48.1. The summed E-state index contributed by atoms with van der Waals surface area (Å²) in [7, 11) is 2.83. The van der Waals surface area contributed by atoms with Gasteiger partial charge in [0.25, 0.3) is 0 Å². The summed E-state index contributed by atoms with van der Waals surface area (Å²) in [6.07, 6.45) is -1.97. The highest BCUT2D eigenvalue weighted by Gasteiger charge is 2.66. The Bertz CT molecular complexity index is 2010. The lowest BCUT2D eigenvalue weighted by atomic mass is 9.62. The Kier molecular flexibility index (Phi) is 14.6. The number of nitrogens with one attached hydrogen (secondary N) is 3. The Morgan fingerprint density at radius 2 is 1.67 bits per heavy atom. The average Bonchev–Trinajstić information content (AvgIpc) is 3.63. The number of carbonyl (C=O) groups excluding carboxylic acids is 3. The first-order valence-corrected chi connectivity index (χ1v) is 19.3. The van der Waals surface area contributed by atoms with Crippen LogP contribution in [0.3, 0.4) is 0 Å². The number of hydrogen-bond donors (Lipinski definition) is 4. The van der Waals surface area contributed by atoms with Gasteiger partial charge < -0.3 is 49.5 Å². The normalized spacial score (nSPS) is 20.4. The van der Waals surface area contributed by atoms with Crippen molar-refractivity contribution in [3.63, 3.8) is 0 Å². The highest BCUT2D eigenvalue weighted by atomic mass is 35.5. The highest BCUT2D eigenvalue weighted by Crippen LogP contribution is 2.57. The number of benzene rings is 3. The fraction of sp³-hybridized carbons (Fsp3) is 0.463. The van der Waals surface area contributed by atoms with Crippen molar-refractivity contribution in [1.82, 2.24) is 5.32 Å². The van der Waals surface area contributed by atoms with Crippen molar-refractivity contribution < 1.29 is 57.1 Å². The van der Waals surface area contributed by atoms with Crippen LogP contribution < -0.4 is 20.7 Å². The van der Waals surface area contributed by atoms with E-state index in [-0.39, 0.29) is 58.4 Å². The molecule has 1 unspecified atom stereocenters. The van der Waals surface area contributed by atoms with Crippen LogP contribution in [0.5, 0.6) is 5.75 Å². The molecule has 1 fully saturated rings. The zero-order valence-corrected chi connectivity index (χ0v) is 34.6. The molecule has 0 aromatic heterocycles. The first kappa shape index (κ1) is 44.6. The number of anilines is 2. The van der Waals surface area contributed by atoms with Crippen LogP contribution in [-0.4, -0.2) is 95.0 Å². The molecule has 0 saturated carbocycles. The zero-order valence-electron chi connectivity index (χ0n) is 33.0. The summed E-state index contributed by atoms with van der Waals surface area (Å²) in [4.78, 5) is 54.4. The van der Waals surface area contributed by atoms with Gasteiger partial charge in [0.15, 0.2) is 0 Å². The summed E-state index contributed by atoms with van der Waals surface area (Å²) in [6, 6.07) is 9.99. The zero-order chi connectivity index (χ0) is 42.4. The Hall–Kier alpha value is -4.51. The van der Waals surface area contributed by atoms with Crippen LogP contribution >= 0.6 is 23.2 Å². The third-order valence-electron chi connectivity index (χ3n) is 10.0. The highest BCUT2D eigenvalue weighted by molar-refractivity contribution is 6.31. The molecule has 14 nitrogen and oxygen atoms in total. The van der Waals surface area contributed by atoms with Gasteiger partial charge in [-0.1, -0.05) is 62.2 Å². The predicted octanol–water partition coefficient (Wildman–Crippen LogP) is 7.12. The number of ether oxygens (including phenoxy) is 6. The maximum absolute atomic E-state index is 16.3. The quantitative estimate of drug-likeness (QED) is 0.0800. The van der Waals surface area contributed by atoms with E-state index < -0.39 is 59.3 Å². The first-order valence-electron chi connectivity index (χ1n) is 18.6. The van der Waals surface area contributed by atoms with E-state index in [1.807, 2.05) is 20.8 Å². The number of carboxylic acids is 1. The fourth-order valence-corrected chi connectivity index (χ4v) is 8.11. The molecule has 17 heteroatoms. The molecule has 1 saturated heterocycles. The lowest BCUT2D eigenvalue weighted by molar-refractivity contribution is -0.122. The average molecular weight is 849 g/mol. The molecule has 3 aromatic rings. The number of carboxylic acid groups (broad SMARTS) is 1. The van der Waals surface area contributed by atoms with E-state index in [9.17, 15) is 24.3 Å². The van der Waals surface area contributed by atoms with E-state index in [0.717, 1.165) is 0 Å². The van der Waals surface area contributed by atoms with E-state index in [1.54, 1.807) is 31.4 Å². The standard InChI is InChI=1S/C41H48Cl2FN3O11/c1-22(58-39(52)57-19-18-56-17-16-55-15-14-53-5)31-24(37(49)50)11-13-28(35(31)54-6)45-36(48)34-32(25-8-7-9-27(43)33(25)44)41(30(47-34)21-40(2,3)4)26-12-10-23(42)20-29(26)46-38(41)51/h7-13,20,22,30,32,34,47H,14-19,21H2,1-6H3,(H,45,48)(H,46,51)(H,49,50)/t22?,30-,32-,34+,41+/m0/s1. The monoisotopic (exact) mass is 847 g/mol. The summed E-state index contributed by atoms with van der Waals surface area (Å²) in [5.74, 6) is -4.57. The van der Waals surface area contributed by atoms with Crippen molar-refractivity contribution in [3.05, 3.63) is 86.6 Å². The Labute approximate surface area is 345 Å². The molecule has 2 aliphatic rings. The van der Waals surface area contributed by atoms with Gasteiger partial charge >= 0.3 is 12.1 Å². The van der Waals surface area contributed by atoms with Crippen LogP contribution in [0.4, 0.5) is 20.6 Å². The Balaban J connectivity index is 1.47. The third kappa shape index (κ3) is 9.51. The SMILES string of the molecule is COCCOCCOCCOC(=O)OC(C)c1c(C(=O)O)ccc(NC(=O)[C@@H]2N[C@@H](CC(C)(C)C)[C@@]3(C(=O)Nc4cc(Cl)ccc43)[C@H]2c2cccc(Cl)c2F)c1OC. The lowest BCUT2D eigenvalue weighted by Crippen LogP contribution is -2.49. The molecule has 0 aliphatic carbocycles. The van der Waals surface area contributed by atoms with E-state index in [2.05, 4.69) is 16.0 Å². The summed E-state index contributed by atoms with van der Waals surface area (Å²) in [6.45, 7) is 8.74. The van der Waals surface area contributed by atoms with Crippen molar-refractivity contribution in [3.8, 4) is 5.75 Å². The van der Waals surface area contributed by atoms with Gasteiger partial charge in [-0.05, 0) is 60.2 Å². The smallest absolute Gasteiger partial charge is 0.494 e. The molecular formula is C41H48Cl2FN3O11. The number of amides is 2. The lowest BCUT2D eigenvalue weighted by Gasteiger charge is -2.37. The van der Waals surface area contributed by atoms with Gasteiger partial charge in [-0.15, -0.1) is 0 Å². The van der Waals surface area contributed by atoms with Crippen LogP contribution in [0.1, 0.15) is 73.2 Å². The minimum absolute atomic E-state index is 0.0147. The maximum Gasteiger partial charge on any atom is 0.508 e.